The van der Waals surface area contributed by atoms with Crippen LogP contribution in [-0.4, -0.2) is 50.8 Å². The van der Waals surface area contributed by atoms with Crippen molar-refractivity contribution in [1.82, 2.24) is 4.90 Å². The van der Waals surface area contributed by atoms with E-state index < -0.39 is 17.7 Å². The molecular weight excluding hydrogens is 438 g/mol. The molecule has 3 rings (SSSR count). The monoisotopic (exact) mass is 480 g/mol. The van der Waals surface area contributed by atoms with E-state index >= 15 is 0 Å². The largest absolute Gasteiger partial charge is 0.385 e. The Morgan fingerprint density at radius 3 is 2.65 bits per heavy atom. The van der Waals surface area contributed by atoms with Crippen LogP contribution in [0.25, 0.3) is 0 Å². The van der Waals surface area contributed by atoms with Gasteiger partial charge in [-0.1, -0.05) is 38.2 Å². The number of amides is 1. The molecule has 0 aromatic heterocycles. The van der Waals surface area contributed by atoms with Crippen molar-refractivity contribution in [3.63, 3.8) is 0 Å². The molecule has 34 heavy (non-hydrogen) atoms. The zero-order chi connectivity index (χ0) is 24.3. The molecular formula is C27H42F2N2O3. The Labute approximate surface area is 203 Å². The average Bonchev–Trinajstić information content (AvgIpc) is 2.85. The van der Waals surface area contributed by atoms with Gasteiger partial charge >= 0.3 is 0 Å². The lowest BCUT2D eigenvalue weighted by Crippen LogP contribution is -2.43. The summed E-state index contributed by atoms with van der Waals surface area (Å²) in [6.07, 6.45) is 9.74. The molecule has 0 radical (unpaired) electrons. The molecule has 1 amide bonds. The summed E-state index contributed by atoms with van der Waals surface area (Å²) in [7, 11) is 1.63. The van der Waals surface area contributed by atoms with Crippen LogP contribution in [-0.2, 0) is 14.3 Å². The zero-order valence-electron chi connectivity index (χ0n) is 20.7. The van der Waals surface area contributed by atoms with Crippen LogP contribution in [0.15, 0.2) is 18.2 Å². The van der Waals surface area contributed by atoms with Crippen molar-refractivity contribution in [3.8, 4) is 0 Å². The highest BCUT2D eigenvalue weighted by atomic mass is 19.1. The molecule has 1 aromatic carbocycles. The summed E-state index contributed by atoms with van der Waals surface area (Å²) in [5.41, 5.74) is 6.41. The fourth-order valence-corrected chi connectivity index (χ4v) is 5.64. The van der Waals surface area contributed by atoms with Gasteiger partial charge in [-0.25, -0.2) is 8.78 Å². The van der Waals surface area contributed by atoms with Gasteiger partial charge < -0.3 is 20.1 Å². The van der Waals surface area contributed by atoms with Crippen LogP contribution in [0.2, 0.25) is 0 Å². The van der Waals surface area contributed by atoms with Crippen molar-refractivity contribution < 1.29 is 23.0 Å². The average molecular weight is 481 g/mol. The van der Waals surface area contributed by atoms with E-state index in [0.29, 0.717) is 57.2 Å². The van der Waals surface area contributed by atoms with E-state index in [4.69, 9.17) is 15.2 Å². The molecule has 7 heteroatoms. The standard InChI is InChI=1S/C27H42F2N2O3/c1-33-13-6-14-34-27(24-11-10-23(28)17-25(24)29)22-9-5-12-31(19-22)26(32)16-21(18-30)15-20-7-3-2-4-8-20/h10-11,17,20-22,27H,2-9,12-16,18-19,30H2,1H3/t21-,22-,27-/m1/s1. The molecule has 0 spiro atoms. The molecule has 2 aliphatic rings. The number of carbonyl (C=O) groups excluding carboxylic acids is 1. The third-order valence-electron chi connectivity index (χ3n) is 7.49. The van der Waals surface area contributed by atoms with Gasteiger partial charge in [0.1, 0.15) is 11.6 Å². The number of rotatable bonds is 12. The maximum Gasteiger partial charge on any atom is 0.222 e. The number of hydrogen-bond donors (Lipinski definition) is 1. The minimum absolute atomic E-state index is 0.0464. The van der Waals surface area contributed by atoms with Crippen molar-refractivity contribution >= 4 is 5.91 Å². The van der Waals surface area contributed by atoms with E-state index in [1.54, 1.807) is 7.11 Å². The summed E-state index contributed by atoms with van der Waals surface area (Å²) in [6.45, 7) is 2.72. The Morgan fingerprint density at radius 2 is 1.94 bits per heavy atom. The second-order valence-corrected chi connectivity index (χ2v) is 10.1. The lowest BCUT2D eigenvalue weighted by Gasteiger charge is -2.38. The predicted octanol–water partition coefficient (Wildman–Crippen LogP) is 5.23. The van der Waals surface area contributed by atoms with E-state index in [1.165, 1.54) is 44.2 Å². The fraction of sp³-hybridized carbons (Fsp3) is 0.741. The highest BCUT2D eigenvalue weighted by Gasteiger charge is 2.33. The topological polar surface area (TPSA) is 64.8 Å². The summed E-state index contributed by atoms with van der Waals surface area (Å²) in [4.78, 5) is 15.1. The maximum absolute atomic E-state index is 14.7. The molecule has 0 bridgehead atoms. The van der Waals surface area contributed by atoms with Crippen molar-refractivity contribution in [3.05, 3.63) is 35.4 Å². The summed E-state index contributed by atoms with van der Waals surface area (Å²) in [5.74, 6) is -0.216. The Balaban J connectivity index is 1.64. The van der Waals surface area contributed by atoms with Crippen LogP contribution >= 0.6 is 0 Å². The first-order valence-electron chi connectivity index (χ1n) is 13.0. The Kier molecular flexibility index (Phi) is 11.2. The van der Waals surface area contributed by atoms with Crippen LogP contribution in [0.4, 0.5) is 8.78 Å². The molecule has 2 fully saturated rings. The first-order valence-corrected chi connectivity index (χ1v) is 13.0. The number of benzene rings is 1. The Hall–Kier alpha value is -1.57. The SMILES string of the molecule is COCCCO[C@@H](c1ccc(F)cc1F)[C@@H]1CCCN(C(=O)C[C@H](CN)CC2CCCCC2)C1. The minimum atomic E-state index is -0.606. The normalized spacial score (nSPS) is 21.4. The smallest absolute Gasteiger partial charge is 0.222 e. The molecule has 1 aliphatic carbocycles. The Morgan fingerprint density at radius 1 is 1.15 bits per heavy atom. The molecule has 5 nitrogen and oxygen atoms in total. The van der Waals surface area contributed by atoms with Gasteiger partial charge in [-0.05, 0) is 50.1 Å². The summed E-state index contributed by atoms with van der Waals surface area (Å²) in [5, 5.41) is 0. The third kappa shape index (κ3) is 7.99. The highest BCUT2D eigenvalue weighted by Crippen LogP contribution is 2.35. The van der Waals surface area contributed by atoms with Gasteiger partial charge in [-0.15, -0.1) is 0 Å². The van der Waals surface area contributed by atoms with Crippen LogP contribution in [0, 0.1) is 29.4 Å². The number of carbonyl (C=O) groups is 1. The zero-order valence-corrected chi connectivity index (χ0v) is 20.7. The summed E-state index contributed by atoms with van der Waals surface area (Å²) >= 11 is 0. The van der Waals surface area contributed by atoms with Gasteiger partial charge in [0.2, 0.25) is 5.91 Å². The van der Waals surface area contributed by atoms with Gasteiger partial charge in [0.05, 0.1) is 6.10 Å². The number of ether oxygens (including phenoxy) is 2. The summed E-state index contributed by atoms with van der Waals surface area (Å²) in [6, 6.07) is 3.65. The number of nitrogens with zero attached hydrogens (tertiary/aromatic N) is 1. The number of halogens is 2. The molecule has 1 aliphatic heterocycles. The molecule has 192 valence electrons. The van der Waals surface area contributed by atoms with E-state index in [2.05, 4.69) is 0 Å². The van der Waals surface area contributed by atoms with E-state index in [0.717, 1.165) is 25.3 Å². The van der Waals surface area contributed by atoms with E-state index in [9.17, 15) is 13.6 Å². The second-order valence-electron chi connectivity index (χ2n) is 10.1. The van der Waals surface area contributed by atoms with Crippen molar-refractivity contribution in [2.75, 3.05) is 40.0 Å². The number of nitrogens with two attached hydrogens (primary N) is 1. The van der Waals surface area contributed by atoms with E-state index in [-0.39, 0.29) is 17.7 Å². The first-order chi connectivity index (χ1) is 16.5. The number of likely N-dealkylation sites (tertiary alicyclic amines) is 1. The number of methoxy groups -OCH3 is 1. The van der Waals surface area contributed by atoms with Gasteiger partial charge in [0.15, 0.2) is 0 Å². The molecule has 0 unspecified atom stereocenters. The lowest BCUT2D eigenvalue weighted by atomic mass is 9.81. The highest BCUT2D eigenvalue weighted by molar-refractivity contribution is 5.76. The molecule has 3 atom stereocenters. The Bertz CT molecular complexity index is 757. The molecule has 1 heterocycles. The van der Waals surface area contributed by atoms with E-state index in [1.807, 2.05) is 4.90 Å². The molecule has 1 aromatic rings. The van der Waals surface area contributed by atoms with Crippen LogP contribution in [0.1, 0.15) is 75.9 Å². The third-order valence-corrected chi connectivity index (χ3v) is 7.49. The predicted molar refractivity (Wildman–Crippen MR) is 129 cm³/mol. The summed E-state index contributed by atoms with van der Waals surface area (Å²) < 4.78 is 39.4. The first kappa shape index (κ1) is 27.0. The minimum Gasteiger partial charge on any atom is -0.385 e. The van der Waals surface area contributed by atoms with Gasteiger partial charge in [-0.3, -0.25) is 4.79 Å². The van der Waals surface area contributed by atoms with Crippen LogP contribution in [0.5, 0.6) is 0 Å². The quantitative estimate of drug-likeness (QED) is 0.416. The van der Waals surface area contributed by atoms with Crippen molar-refractivity contribution in [2.24, 2.45) is 23.5 Å². The van der Waals surface area contributed by atoms with Crippen molar-refractivity contribution in [2.45, 2.75) is 70.3 Å². The second kappa shape index (κ2) is 14.1. The van der Waals surface area contributed by atoms with Gasteiger partial charge in [0, 0.05) is 57.4 Å². The molecule has 1 saturated carbocycles. The van der Waals surface area contributed by atoms with Crippen molar-refractivity contribution in [1.29, 1.82) is 0 Å². The van der Waals surface area contributed by atoms with Gasteiger partial charge in [-0.2, -0.15) is 0 Å². The van der Waals surface area contributed by atoms with Crippen LogP contribution in [0.3, 0.4) is 0 Å². The number of piperidine rings is 1. The number of hydrogen-bond acceptors (Lipinski definition) is 4. The maximum atomic E-state index is 14.7. The van der Waals surface area contributed by atoms with Gasteiger partial charge in [0.25, 0.3) is 0 Å². The molecule has 1 saturated heterocycles. The fourth-order valence-electron chi connectivity index (χ4n) is 5.64. The molecule has 2 N–H and O–H groups in total. The van der Waals surface area contributed by atoms with Crippen LogP contribution < -0.4 is 5.73 Å². The lowest BCUT2D eigenvalue weighted by molar-refractivity contribution is -0.135.